The van der Waals surface area contributed by atoms with Gasteiger partial charge in [0.1, 0.15) is 0 Å². The SMILES string of the molecule is CC(C)CNC(=O)Cc1csc(SCC(=O)Nc2cccc3ccccc23)n1. The molecule has 5 nitrogen and oxygen atoms in total. The molecule has 0 aliphatic rings. The number of hydrogen-bond acceptors (Lipinski definition) is 5. The molecule has 1 aromatic heterocycles. The molecular formula is C21H23N3O2S2. The lowest BCUT2D eigenvalue weighted by atomic mass is 10.1. The summed E-state index contributed by atoms with van der Waals surface area (Å²) in [4.78, 5) is 28.7. The lowest BCUT2D eigenvalue weighted by Gasteiger charge is -2.08. The Morgan fingerprint density at radius 2 is 1.89 bits per heavy atom. The van der Waals surface area contributed by atoms with Crippen LogP contribution in [0, 0.1) is 5.92 Å². The molecule has 3 rings (SSSR count). The summed E-state index contributed by atoms with van der Waals surface area (Å²) in [6.07, 6.45) is 0.270. The fourth-order valence-corrected chi connectivity index (χ4v) is 4.27. The van der Waals surface area contributed by atoms with Crippen molar-refractivity contribution in [2.24, 2.45) is 5.92 Å². The molecule has 0 saturated heterocycles. The summed E-state index contributed by atoms with van der Waals surface area (Å²) in [5, 5.41) is 9.85. The smallest absolute Gasteiger partial charge is 0.234 e. The van der Waals surface area contributed by atoms with Gasteiger partial charge in [0.25, 0.3) is 0 Å². The van der Waals surface area contributed by atoms with Gasteiger partial charge in [-0.3, -0.25) is 9.59 Å². The molecular weight excluding hydrogens is 390 g/mol. The molecule has 0 saturated carbocycles. The van der Waals surface area contributed by atoms with Crippen LogP contribution in [0.2, 0.25) is 0 Å². The van der Waals surface area contributed by atoms with E-state index in [1.807, 2.05) is 47.8 Å². The van der Waals surface area contributed by atoms with Gasteiger partial charge in [-0.2, -0.15) is 0 Å². The van der Waals surface area contributed by atoms with Crippen molar-refractivity contribution < 1.29 is 9.59 Å². The quantitative estimate of drug-likeness (QED) is 0.539. The second kappa shape index (κ2) is 9.71. The maximum absolute atomic E-state index is 12.3. The highest BCUT2D eigenvalue weighted by Crippen LogP contribution is 2.25. The topological polar surface area (TPSA) is 71.1 Å². The number of thiazole rings is 1. The Morgan fingerprint density at radius 3 is 2.71 bits per heavy atom. The molecule has 0 spiro atoms. The molecule has 7 heteroatoms. The van der Waals surface area contributed by atoms with Crippen molar-refractivity contribution in [2.75, 3.05) is 17.6 Å². The van der Waals surface area contributed by atoms with Gasteiger partial charge in [0.15, 0.2) is 4.34 Å². The van der Waals surface area contributed by atoms with Gasteiger partial charge >= 0.3 is 0 Å². The van der Waals surface area contributed by atoms with Crippen LogP contribution >= 0.6 is 23.1 Å². The first-order chi connectivity index (χ1) is 13.5. The molecule has 0 fully saturated rings. The zero-order valence-electron chi connectivity index (χ0n) is 15.9. The average Bonchev–Trinajstić information content (AvgIpc) is 3.12. The van der Waals surface area contributed by atoms with E-state index in [1.165, 1.54) is 23.1 Å². The predicted molar refractivity (Wildman–Crippen MR) is 117 cm³/mol. The fourth-order valence-electron chi connectivity index (χ4n) is 2.63. The van der Waals surface area contributed by atoms with E-state index in [0.717, 1.165) is 26.5 Å². The summed E-state index contributed by atoms with van der Waals surface area (Å²) in [5.74, 6) is 0.596. The third kappa shape index (κ3) is 5.81. The maximum atomic E-state index is 12.3. The third-order valence-corrected chi connectivity index (χ3v) is 6.04. The third-order valence-electron chi connectivity index (χ3n) is 3.97. The lowest BCUT2D eigenvalue weighted by molar-refractivity contribution is -0.120. The highest BCUT2D eigenvalue weighted by atomic mass is 32.2. The fraction of sp³-hybridized carbons (Fsp3) is 0.286. The number of rotatable bonds is 8. The van der Waals surface area contributed by atoms with Crippen LogP contribution in [0.5, 0.6) is 0 Å². The molecule has 0 aliphatic carbocycles. The van der Waals surface area contributed by atoms with Crippen LogP contribution in [0.1, 0.15) is 19.5 Å². The van der Waals surface area contributed by atoms with E-state index in [0.29, 0.717) is 12.5 Å². The van der Waals surface area contributed by atoms with Crippen LogP contribution < -0.4 is 10.6 Å². The van der Waals surface area contributed by atoms with E-state index in [1.54, 1.807) is 0 Å². The van der Waals surface area contributed by atoms with Gasteiger partial charge in [0, 0.05) is 23.0 Å². The van der Waals surface area contributed by atoms with Crippen molar-refractivity contribution in [1.29, 1.82) is 0 Å². The highest BCUT2D eigenvalue weighted by Gasteiger charge is 2.11. The molecule has 2 amide bonds. The molecule has 0 radical (unpaired) electrons. The first-order valence-corrected chi connectivity index (χ1v) is 11.0. The minimum absolute atomic E-state index is 0.0238. The Bertz CT molecular complexity index is 964. The van der Waals surface area contributed by atoms with Gasteiger partial charge in [0.05, 0.1) is 17.9 Å². The van der Waals surface area contributed by atoms with Crippen LogP contribution in [0.3, 0.4) is 0 Å². The summed E-state index contributed by atoms with van der Waals surface area (Å²) in [6.45, 7) is 4.78. The van der Waals surface area contributed by atoms with Crippen LogP contribution in [-0.2, 0) is 16.0 Å². The first kappa shape index (κ1) is 20.4. The van der Waals surface area contributed by atoms with Gasteiger partial charge < -0.3 is 10.6 Å². The number of fused-ring (bicyclic) bond motifs is 1. The number of carbonyl (C=O) groups excluding carboxylic acids is 2. The summed E-state index contributed by atoms with van der Waals surface area (Å²) in [7, 11) is 0. The zero-order chi connectivity index (χ0) is 19.9. The predicted octanol–water partition coefficient (Wildman–Crippen LogP) is 4.34. The molecule has 1 heterocycles. The standard InChI is InChI=1S/C21H23N3O2S2/c1-14(2)11-22-19(25)10-16-12-27-21(23-16)28-13-20(26)24-18-9-5-7-15-6-3-4-8-17(15)18/h3-9,12,14H,10-11,13H2,1-2H3,(H,22,25)(H,24,26). The molecule has 2 aromatic carbocycles. The van der Waals surface area contributed by atoms with Crippen molar-refractivity contribution in [3.05, 3.63) is 53.5 Å². The van der Waals surface area contributed by atoms with E-state index >= 15 is 0 Å². The molecule has 0 aliphatic heterocycles. The Kier molecular flexibility index (Phi) is 7.06. The first-order valence-electron chi connectivity index (χ1n) is 9.13. The molecule has 0 unspecified atom stereocenters. The molecule has 0 bridgehead atoms. The van der Waals surface area contributed by atoms with Gasteiger partial charge in [0.2, 0.25) is 11.8 Å². The molecule has 28 heavy (non-hydrogen) atoms. The second-order valence-corrected chi connectivity index (χ2v) is 8.92. The van der Waals surface area contributed by atoms with E-state index in [-0.39, 0.29) is 24.0 Å². The Morgan fingerprint density at radius 1 is 1.11 bits per heavy atom. The number of amides is 2. The summed E-state index contributed by atoms with van der Waals surface area (Å²) in [6, 6.07) is 13.8. The normalized spacial score (nSPS) is 11.0. The zero-order valence-corrected chi connectivity index (χ0v) is 17.5. The van der Waals surface area contributed by atoms with Crippen LogP contribution in [0.15, 0.2) is 52.2 Å². The van der Waals surface area contributed by atoms with Crippen LogP contribution in [-0.4, -0.2) is 29.1 Å². The molecule has 146 valence electrons. The molecule has 2 N–H and O–H groups in total. The van der Waals surface area contributed by atoms with E-state index in [4.69, 9.17) is 0 Å². The number of aromatic nitrogens is 1. The summed E-state index contributed by atoms with van der Waals surface area (Å²) in [5.41, 5.74) is 1.55. The van der Waals surface area contributed by atoms with Crippen molar-refractivity contribution >= 4 is 51.4 Å². The number of thioether (sulfide) groups is 1. The van der Waals surface area contributed by atoms with Crippen LogP contribution in [0.25, 0.3) is 10.8 Å². The number of hydrogen-bond donors (Lipinski definition) is 2. The lowest BCUT2D eigenvalue weighted by Crippen LogP contribution is -2.28. The minimum atomic E-state index is -0.0761. The van der Waals surface area contributed by atoms with Crippen molar-refractivity contribution in [1.82, 2.24) is 10.3 Å². The number of benzene rings is 2. The summed E-state index contributed by atoms with van der Waals surface area (Å²) >= 11 is 2.84. The number of carbonyl (C=O) groups is 2. The average molecular weight is 414 g/mol. The van der Waals surface area contributed by atoms with Gasteiger partial charge in [-0.1, -0.05) is 62.0 Å². The van der Waals surface area contributed by atoms with Crippen molar-refractivity contribution in [2.45, 2.75) is 24.6 Å². The van der Waals surface area contributed by atoms with E-state index in [2.05, 4.69) is 29.5 Å². The van der Waals surface area contributed by atoms with Crippen molar-refractivity contribution in [3.8, 4) is 0 Å². The number of nitrogens with one attached hydrogen (secondary N) is 2. The Hall–Kier alpha value is -2.38. The monoisotopic (exact) mass is 413 g/mol. The summed E-state index contributed by atoms with van der Waals surface area (Å²) < 4.78 is 0.791. The van der Waals surface area contributed by atoms with Crippen molar-refractivity contribution in [3.63, 3.8) is 0 Å². The number of anilines is 1. The van der Waals surface area contributed by atoms with Gasteiger partial charge in [-0.05, 0) is 17.4 Å². The number of nitrogens with zero attached hydrogens (tertiary/aromatic N) is 1. The van der Waals surface area contributed by atoms with E-state index in [9.17, 15) is 9.59 Å². The highest BCUT2D eigenvalue weighted by molar-refractivity contribution is 8.01. The van der Waals surface area contributed by atoms with E-state index < -0.39 is 0 Å². The van der Waals surface area contributed by atoms with Gasteiger partial charge in [-0.15, -0.1) is 11.3 Å². The maximum Gasteiger partial charge on any atom is 0.234 e. The minimum Gasteiger partial charge on any atom is -0.356 e. The molecule has 3 aromatic rings. The largest absolute Gasteiger partial charge is 0.356 e. The second-order valence-electron chi connectivity index (χ2n) is 6.84. The van der Waals surface area contributed by atoms with Gasteiger partial charge in [-0.25, -0.2) is 4.98 Å². The molecule has 0 atom stereocenters. The Labute approximate surface area is 172 Å². The van der Waals surface area contributed by atoms with Crippen LogP contribution in [0.4, 0.5) is 5.69 Å². The Balaban J connectivity index is 1.51.